The van der Waals surface area contributed by atoms with Crippen molar-refractivity contribution < 1.29 is 14.3 Å². The number of nitrogens with one attached hydrogen (secondary N) is 1. The molecular formula is C15H16BrN3O3. The standard InChI is InChI=1S/C15H16BrN3O3/c1-3-22-15(21)12-9-17-19(11-7-5-4-6-8-11)13(12)18-14(20)10(2)16/h4-10H,3H2,1-2H3,(H,18,20). The van der Waals surface area contributed by atoms with E-state index in [2.05, 4.69) is 26.3 Å². The van der Waals surface area contributed by atoms with Gasteiger partial charge in [-0.15, -0.1) is 0 Å². The summed E-state index contributed by atoms with van der Waals surface area (Å²) in [7, 11) is 0. The summed E-state index contributed by atoms with van der Waals surface area (Å²) in [6.45, 7) is 3.67. The number of carbonyl (C=O) groups is 2. The quantitative estimate of drug-likeness (QED) is 0.652. The Balaban J connectivity index is 2.46. The number of benzene rings is 1. The third kappa shape index (κ3) is 3.54. The Kier molecular flexibility index (Phi) is 5.32. The average molecular weight is 366 g/mol. The molecule has 0 aliphatic heterocycles. The minimum absolute atomic E-state index is 0.215. The number of halogens is 1. The van der Waals surface area contributed by atoms with Gasteiger partial charge in [-0.25, -0.2) is 9.48 Å². The summed E-state index contributed by atoms with van der Waals surface area (Å²) in [6.07, 6.45) is 1.39. The molecule has 2 aromatic rings. The number of aromatic nitrogens is 2. The number of hydrogen-bond donors (Lipinski definition) is 1. The monoisotopic (exact) mass is 365 g/mol. The molecule has 0 fully saturated rings. The zero-order chi connectivity index (χ0) is 16.1. The summed E-state index contributed by atoms with van der Waals surface area (Å²) in [4.78, 5) is 23.6. The summed E-state index contributed by atoms with van der Waals surface area (Å²) < 4.78 is 6.50. The Morgan fingerprint density at radius 3 is 2.64 bits per heavy atom. The summed E-state index contributed by atoms with van der Waals surface area (Å²) >= 11 is 3.20. The molecular weight excluding hydrogens is 350 g/mol. The van der Waals surface area contributed by atoms with E-state index < -0.39 is 10.8 Å². The van der Waals surface area contributed by atoms with E-state index in [4.69, 9.17) is 4.74 Å². The molecule has 0 bridgehead atoms. The molecule has 7 heteroatoms. The zero-order valence-corrected chi connectivity index (χ0v) is 13.8. The van der Waals surface area contributed by atoms with Crippen molar-refractivity contribution in [2.24, 2.45) is 0 Å². The third-order valence-electron chi connectivity index (χ3n) is 2.87. The fourth-order valence-corrected chi connectivity index (χ4v) is 1.92. The predicted octanol–water partition coefficient (Wildman–Crippen LogP) is 2.77. The van der Waals surface area contributed by atoms with Crippen LogP contribution >= 0.6 is 15.9 Å². The van der Waals surface area contributed by atoms with Gasteiger partial charge in [0.2, 0.25) is 5.91 Å². The molecule has 1 N–H and O–H groups in total. The number of ether oxygens (including phenoxy) is 1. The molecule has 1 atom stereocenters. The molecule has 0 saturated heterocycles. The number of hydrogen-bond acceptors (Lipinski definition) is 4. The minimum Gasteiger partial charge on any atom is -0.462 e. The van der Waals surface area contributed by atoms with Gasteiger partial charge >= 0.3 is 5.97 Å². The van der Waals surface area contributed by atoms with Gasteiger partial charge in [-0.2, -0.15) is 5.10 Å². The van der Waals surface area contributed by atoms with Crippen molar-refractivity contribution in [3.63, 3.8) is 0 Å². The molecule has 22 heavy (non-hydrogen) atoms. The highest BCUT2D eigenvalue weighted by atomic mass is 79.9. The molecule has 2 rings (SSSR count). The van der Waals surface area contributed by atoms with Crippen LogP contribution in [0.25, 0.3) is 5.69 Å². The number of rotatable bonds is 5. The minimum atomic E-state index is -0.526. The topological polar surface area (TPSA) is 73.2 Å². The van der Waals surface area contributed by atoms with Gasteiger partial charge in [-0.1, -0.05) is 34.1 Å². The highest BCUT2D eigenvalue weighted by Gasteiger charge is 2.22. The zero-order valence-electron chi connectivity index (χ0n) is 12.2. The molecule has 0 aliphatic carbocycles. The predicted molar refractivity (Wildman–Crippen MR) is 86.5 cm³/mol. The normalized spacial score (nSPS) is 11.8. The lowest BCUT2D eigenvalue weighted by atomic mass is 10.3. The van der Waals surface area contributed by atoms with Crippen molar-refractivity contribution in [1.82, 2.24) is 9.78 Å². The van der Waals surface area contributed by atoms with Crippen molar-refractivity contribution in [1.29, 1.82) is 0 Å². The van der Waals surface area contributed by atoms with E-state index in [0.717, 1.165) is 5.69 Å². The van der Waals surface area contributed by atoms with Crippen LogP contribution in [0.5, 0.6) is 0 Å². The first-order valence-electron chi connectivity index (χ1n) is 6.80. The average Bonchev–Trinajstić information content (AvgIpc) is 2.92. The molecule has 6 nitrogen and oxygen atoms in total. The van der Waals surface area contributed by atoms with Crippen molar-refractivity contribution in [3.05, 3.63) is 42.1 Å². The number of nitrogens with zero attached hydrogens (tertiary/aromatic N) is 2. The first-order chi connectivity index (χ1) is 10.5. The number of carbonyl (C=O) groups excluding carboxylic acids is 2. The number of amides is 1. The van der Waals surface area contributed by atoms with Crippen LogP contribution < -0.4 is 5.32 Å². The van der Waals surface area contributed by atoms with Gasteiger partial charge in [-0.05, 0) is 26.0 Å². The van der Waals surface area contributed by atoms with E-state index in [1.165, 1.54) is 10.9 Å². The lowest BCUT2D eigenvalue weighted by Crippen LogP contribution is -2.23. The second-order valence-corrected chi connectivity index (χ2v) is 5.85. The molecule has 116 valence electrons. The first kappa shape index (κ1) is 16.2. The Hall–Kier alpha value is -2.15. The number of esters is 1. The molecule has 0 radical (unpaired) electrons. The van der Waals surface area contributed by atoms with Crippen molar-refractivity contribution in [2.45, 2.75) is 18.7 Å². The van der Waals surface area contributed by atoms with Gasteiger partial charge in [0, 0.05) is 0 Å². The SMILES string of the molecule is CCOC(=O)c1cnn(-c2ccccc2)c1NC(=O)C(C)Br. The summed E-state index contributed by atoms with van der Waals surface area (Å²) in [5.41, 5.74) is 0.947. The molecule has 0 aliphatic rings. The van der Waals surface area contributed by atoms with Crippen molar-refractivity contribution in [2.75, 3.05) is 11.9 Å². The maximum atomic E-state index is 12.0. The second-order valence-electron chi connectivity index (χ2n) is 4.48. The van der Waals surface area contributed by atoms with Gasteiger partial charge in [0.1, 0.15) is 5.56 Å². The Labute approximate surface area is 136 Å². The van der Waals surface area contributed by atoms with Crippen LogP contribution in [0.3, 0.4) is 0 Å². The van der Waals surface area contributed by atoms with Gasteiger partial charge in [0.25, 0.3) is 0 Å². The highest BCUT2D eigenvalue weighted by molar-refractivity contribution is 9.10. The van der Waals surface area contributed by atoms with Crippen LogP contribution in [-0.2, 0) is 9.53 Å². The number of alkyl halides is 1. The Bertz CT molecular complexity index is 668. The molecule has 1 amide bonds. The molecule has 1 aromatic carbocycles. The van der Waals surface area contributed by atoms with Crippen LogP contribution in [0.4, 0.5) is 5.82 Å². The summed E-state index contributed by atoms with van der Waals surface area (Å²) in [5, 5.41) is 6.90. The molecule has 1 heterocycles. The van der Waals surface area contributed by atoms with Gasteiger partial charge in [0.05, 0.1) is 23.3 Å². The lowest BCUT2D eigenvalue weighted by Gasteiger charge is -2.11. The Morgan fingerprint density at radius 2 is 2.05 bits per heavy atom. The number of para-hydroxylation sites is 1. The van der Waals surface area contributed by atoms with Gasteiger partial charge in [0.15, 0.2) is 5.82 Å². The molecule has 1 unspecified atom stereocenters. The van der Waals surface area contributed by atoms with E-state index in [9.17, 15) is 9.59 Å². The largest absolute Gasteiger partial charge is 0.462 e. The summed E-state index contributed by atoms with van der Waals surface area (Å²) in [5.74, 6) is -0.508. The molecule has 1 aromatic heterocycles. The fourth-order valence-electron chi connectivity index (χ4n) is 1.81. The molecule has 0 spiro atoms. The fraction of sp³-hybridized carbons (Fsp3) is 0.267. The maximum absolute atomic E-state index is 12.0. The highest BCUT2D eigenvalue weighted by Crippen LogP contribution is 2.22. The van der Waals surface area contributed by atoms with E-state index in [1.54, 1.807) is 13.8 Å². The van der Waals surface area contributed by atoms with E-state index in [1.807, 2.05) is 30.3 Å². The van der Waals surface area contributed by atoms with Crippen LogP contribution in [-0.4, -0.2) is 33.1 Å². The molecule has 0 saturated carbocycles. The number of anilines is 1. The van der Waals surface area contributed by atoms with Crippen molar-refractivity contribution in [3.8, 4) is 5.69 Å². The van der Waals surface area contributed by atoms with E-state index >= 15 is 0 Å². The maximum Gasteiger partial charge on any atom is 0.343 e. The van der Waals surface area contributed by atoms with Crippen LogP contribution in [0.15, 0.2) is 36.5 Å². The smallest absolute Gasteiger partial charge is 0.343 e. The van der Waals surface area contributed by atoms with Gasteiger partial charge < -0.3 is 10.1 Å². The summed E-state index contributed by atoms with van der Waals surface area (Å²) in [6, 6.07) is 9.22. The van der Waals surface area contributed by atoms with Crippen LogP contribution in [0.2, 0.25) is 0 Å². The van der Waals surface area contributed by atoms with E-state index in [0.29, 0.717) is 5.82 Å². The lowest BCUT2D eigenvalue weighted by molar-refractivity contribution is -0.115. The van der Waals surface area contributed by atoms with Gasteiger partial charge in [-0.3, -0.25) is 4.79 Å². The van der Waals surface area contributed by atoms with Crippen molar-refractivity contribution >= 4 is 33.6 Å². The second kappa shape index (κ2) is 7.22. The third-order valence-corrected chi connectivity index (χ3v) is 3.28. The van der Waals surface area contributed by atoms with E-state index in [-0.39, 0.29) is 18.1 Å². The first-order valence-corrected chi connectivity index (χ1v) is 7.71. The van der Waals surface area contributed by atoms with Crippen LogP contribution in [0, 0.1) is 0 Å². The van der Waals surface area contributed by atoms with Crippen LogP contribution in [0.1, 0.15) is 24.2 Å². The Morgan fingerprint density at radius 1 is 1.36 bits per heavy atom.